The van der Waals surface area contributed by atoms with Gasteiger partial charge in [-0.2, -0.15) is 0 Å². The van der Waals surface area contributed by atoms with Crippen LogP contribution in [0.25, 0.3) is 0 Å². The van der Waals surface area contributed by atoms with Crippen molar-refractivity contribution in [2.24, 2.45) is 41.4 Å². The van der Waals surface area contributed by atoms with Gasteiger partial charge in [0.2, 0.25) is 0 Å². The first kappa shape index (κ1) is 40.2. The molecular formula is C37H54O10. The fourth-order valence-electron chi connectivity index (χ4n) is 6.56. The second kappa shape index (κ2) is 16.4. The van der Waals surface area contributed by atoms with E-state index in [0.717, 1.165) is 6.08 Å². The van der Waals surface area contributed by atoms with Crippen molar-refractivity contribution >= 4 is 23.1 Å². The summed E-state index contributed by atoms with van der Waals surface area (Å²) in [4.78, 5) is 50.9. The normalized spacial score (nSPS) is 25.8. The van der Waals surface area contributed by atoms with Gasteiger partial charge in [-0.15, -0.1) is 0 Å². The van der Waals surface area contributed by atoms with Crippen LogP contribution in [0.15, 0.2) is 57.9 Å². The van der Waals surface area contributed by atoms with Crippen LogP contribution in [0.1, 0.15) is 75.7 Å². The molecule has 0 aromatic rings. The van der Waals surface area contributed by atoms with E-state index in [-0.39, 0.29) is 40.4 Å². The van der Waals surface area contributed by atoms with Crippen LogP contribution in [0.5, 0.6) is 0 Å². The number of hydrogen-bond acceptors (Lipinski definition) is 10. The molecule has 2 aliphatic carbocycles. The fourth-order valence-corrected chi connectivity index (χ4v) is 6.56. The van der Waals surface area contributed by atoms with Gasteiger partial charge in [-0.1, -0.05) is 66.7 Å². The maximum atomic E-state index is 13.7. The molecule has 47 heavy (non-hydrogen) atoms. The quantitative estimate of drug-likeness (QED) is 0.0863. The van der Waals surface area contributed by atoms with E-state index < -0.39 is 89.1 Å². The fraction of sp³-hybridized carbons (Fsp3) is 0.622. The van der Waals surface area contributed by atoms with Gasteiger partial charge in [-0.3, -0.25) is 19.2 Å². The molecule has 6 N–H and O–H groups in total. The molecule has 12 atom stereocenters. The molecule has 0 aromatic heterocycles. The average molecular weight is 659 g/mol. The molecule has 0 heterocycles. The Labute approximate surface area is 278 Å². The third-order valence-electron chi connectivity index (χ3n) is 10.3. The largest absolute Gasteiger partial charge is 0.511 e. The average Bonchev–Trinajstić information content (AvgIpc) is 3.02. The van der Waals surface area contributed by atoms with Crippen LogP contribution in [0, 0.1) is 41.4 Å². The molecule has 0 radical (unpaired) electrons. The lowest BCUT2D eigenvalue weighted by atomic mass is 9.71. The van der Waals surface area contributed by atoms with Gasteiger partial charge in [0.05, 0.1) is 36.1 Å². The third-order valence-corrected chi connectivity index (χ3v) is 10.3. The van der Waals surface area contributed by atoms with Crippen molar-refractivity contribution in [3.63, 3.8) is 0 Å². The summed E-state index contributed by atoms with van der Waals surface area (Å²) < 4.78 is 0. The molecule has 0 aliphatic heterocycles. The van der Waals surface area contributed by atoms with Gasteiger partial charge in [0.1, 0.15) is 5.76 Å². The standard InChI is InChI=1S/C37H54O10/c1-16(25(10)38)12-11-13-17(2)30(40)21(6)34(44)23(8)35(45)22(7)31(41)18(3)14-19(4)32(42)28-27-26(39)15-20(5)33(43)29(27)37(47)24(9)36(28)46/h11-13,15,17-19,21-24,30-31,34-35,37,40-41,44-47H,14H2,1-10H3/b13-11+,16-12-/t17-,18?,19?,21+,22+,23+,24?,30-,31-,34+,35+,37?/m0/s1. The Bertz CT molecular complexity index is 1380. The van der Waals surface area contributed by atoms with Crippen LogP contribution in [0.3, 0.4) is 0 Å². The van der Waals surface area contributed by atoms with Gasteiger partial charge in [-0.05, 0) is 44.8 Å². The molecule has 0 amide bonds. The lowest BCUT2D eigenvalue weighted by Gasteiger charge is -2.37. The third kappa shape index (κ3) is 8.72. The number of aliphatic hydroxyl groups excluding tert-OH is 6. The summed E-state index contributed by atoms with van der Waals surface area (Å²) in [6.45, 7) is 16.1. The first-order valence-electron chi connectivity index (χ1n) is 16.4. The van der Waals surface area contributed by atoms with Crippen LogP contribution in [-0.4, -0.2) is 84.3 Å². The van der Waals surface area contributed by atoms with Gasteiger partial charge in [0.15, 0.2) is 23.1 Å². The number of carbonyl (C=O) groups is 4. The first-order chi connectivity index (χ1) is 21.7. The van der Waals surface area contributed by atoms with Crippen molar-refractivity contribution < 1.29 is 49.8 Å². The number of allylic oxidation sites excluding steroid dienone is 7. The van der Waals surface area contributed by atoms with E-state index in [1.54, 1.807) is 66.7 Å². The molecule has 0 spiro atoms. The smallest absolute Gasteiger partial charge is 0.188 e. The summed E-state index contributed by atoms with van der Waals surface area (Å²) in [6, 6.07) is 0. The zero-order valence-corrected chi connectivity index (χ0v) is 29.3. The summed E-state index contributed by atoms with van der Waals surface area (Å²) in [7, 11) is 0. The Hall–Kier alpha value is -3.02. The molecule has 10 nitrogen and oxygen atoms in total. The highest BCUT2D eigenvalue weighted by Gasteiger charge is 2.45. The molecular weight excluding hydrogens is 604 g/mol. The summed E-state index contributed by atoms with van der Waals surface area (Å²) in [5.74, 6) is -7.15. The highest BCUT2D eigenvalue weighted by Crippen LogP contribution is 2.40. The molecule has 2 rings (SSSR count). The van der Waals surface area contributed by atoms with Gasteiger partial charge < -0.3 is 30.6 Å². The predicted molar refractivity (Wildman–Crippen MR) is 178 cm³/mol. The number of ketones is 4. The number of carbonyl (C=O) groups excluding carboxylic acids is 4. The Morgan fingerprint density at radius 3 is 1.91 bits per heavy atom. The van der Waals surface area contributed by atoms with Gasteiger partial charge in [0, 0.05) is 52.2 Å². The highest BCUT2D eigenvalue weighted by molar-refractivity contribution is 6.28. The van der Waals surface area contributed by atoms with Crippen LogP contribution < -0.4 is 0 Å². The highest BCUT2D eigenvalue weighted by atomic mass is 16.3. The number of rotatable bonds is 15. The van der Waals surface area contributed by atoms with Crippen molar-refractivity contribution in [3.8, 4) is 0 Å². The first-order valence-corrected chi connectivity index (χ1v) is 16.4. The number of aliphatic hydroxyl groups is 6. The Kier molecular flexibility index (Phi) is 14.0. The summed E-state index contributed by atoms with van der Waals surface area (Å²) in [6.07, 6.45) is 0.474. The minimum Gasteiger partial charge on any atom is -0.511 e. The lowest BCUT2D eigenvalue weighted by Crippen LogP contribution is -2.46. The van der Waals surface area contributed by atoms with Crippen LogP contribution >= 0.6 is 0 Å². The minimum atomic E-state index is -1.44. The van der Waals surface area contributed by atoms with E-state index in [2.05, 4.69) is 0 Å². The molecule has 10 heteroatoms. The Balaban J connectivity index is 2.14. The van der Waals surface area contributed by atoms with Crippen molar-refractivity contribution in [1.29, 1.82) is 0 Å². The van der Waals surface area contributed by atoms with Crippen molar-refractivity contribution in [3.05, 3.63) is 57.9 Å². The second-order valence-corrected chi connectivity index (χ2v) is 14.0. The lowest BCUT2D eigenvalue weighted by molar-refractivity contribution is -0.121. The van der Waals surface area contributed by atoms with Crippen LogP contribution in [0.2, 0.25) is 0 Å². The van der Waals surface area contributed by atoms with Gasteiger partial charge >= 0.3 is 0 Å². The number of hydrogen-bond donors (Lipinski definition) is 6. The molecule has 262 valence electrons. The van der Waals surface area contributed by atoms with Crippen LogP contribution in [0.4, 0.5) is 0 Å². The monoisotopic (exact) mass is 658 g/mol. The summed E-state index contributed by atoms with van der Waals surface area (Å²) in [5, 5.41) is 65.9. The van der Waals surface area contributed by atoms with E-state index in [9.17, 15) is 49.8 Å². The van der Waals surface area contributed by atoms with E-state index in [1.165, 1.54) is 20.8 Å². The maximum absolute atomic E-state index is 13.7. The molecule has 0 fully saturated rings. The molecule has 0 saturated carbocycles. The predicted octanol–water partition coefficient (Wildman–Crippen LogP) is 3.51. The van der Waals surface area contributed by atoms with Gasteiger partial charge in [-0.25, -0.2) is 0 Å². The van der Waals surface area contributed by atoms with E-state index in [0.29, 0.717) is 5.57 Å². The Morgan fingerprint density at radius 1 is 0.872 bits per heavy atom. The zero-order chi connectivity index (χ0) is 36.2. The molecule has 4 unspecified atom stereocenters. The van der Waals surface area contributed by atoms with Gasteiger partial charge in [0.25, 0.3) is 0 Å². The minimum absolute atomic E-state index is 0.0602. The van der Waals surface area contributed by atoms with Crippen molar-refractivity contribution in [2.75, 3.05) is 0 Å². The molecule has 0 bridgehead atoms. The molecule has 0 aromatic carbocycles. The van der Waals surface area contributed by atoms with Crippen LogP contribution in [-0.2, 0) is 19.2 Å². The maximum Gasteiger partial charge on any atom is 0.188 e. The van der Waals surface area contributed by atoms with Crippen molar-refractivity contribution in [2.45, 2.75) is 106 Å². The van der Waals surface area contributed by atoms with E-state index in [1.807, 2.05) is 0 Å². The van der Waals surface area contributed by atoms with E-state index in [4.69, 9.17) is 0 Å². The molecule has 0 saturated heterocycles. The van der Waals surface area contributed by atoms with E-state index >= 15 is 0 Å². The topological polar surface area (TPSA) is 190 Å². The zero-order valence-electron chi connectivity index (χ0n) is 29.3. The second-order valence-electron chi connectivity index (χ2n) is 14.0. The number of Topliss-reactive ketones (excluding diaryl/α,β-unsaturated/α-hetero) is 3. The summed E-state index contributed by atoms with van der Waals surface area (Å²) in [5.41, 5.74) is -0.0712. The molecule has 2 aliphatic rings. The SMILES string of the molecule is CC(=O)/C(C)=C\C=C\[C@H](C)[C@H](O)[C@@H](C)[C@@H](O)[C@@H](C)[C@H](O)[C@H](C)[C@@H](O)C(C)CC(C)C(=O)C1=C(O)C(C)C(O)C2=C1C(=O)C=C(C)C2=O. The summed E-state index contributed by atoms with van der Waals surface area (Å²) >= 11 is 0. The Morgan fingerprint density at radius 2 is 1.38 bits per heavy atom. The van der Waals surface area contributed by atoms with Crippen molar-refractivity contribution in [1.82, 2.24) is 0 Å².